The summed E-state index contributed by atoms with van der Waals surface area (Å²) in [5, 5.41) is 11.7. The van der Waals surface area contributed by atoms with E-state index in [2.05, 4.69) is 10.7 Å². The van der Waals surface area contributed by atoms with Crippen LogP contribution in [0.25, 0.3) is 0 Å². The van der Waals surface area contributed by atoms with E-state index in [1.54, 1.807) is 0 Å². The summed E-state index contributed by atoms with van der Waals surface area (Å²) in [7, 11) is 0. The summed E-state index contributed by atoms with van der Waals surface area (Å²) in [6, 6.07) is -1.07. The lowest BCUT2D eigenvalue weighted by Gasteiger charge is -2.28. The first kappa shape index (κ1) is 20.7. The minimum atomic E-state index is -1.36. The minimum Gasteiger partial charge on any atom is -0.465 e. The number of halogens is 1. The Hall–Kier alpha value is -2.39. The van der Waals surface area contributed by atoms with Crippen molar-refractivity contribution in [3.8, 4) is 0 Å². The molecule has 4 amide bonds. The Morgan fingerprint density at radius 2 is 1.84 bits per heavy atom. The third kappa shape index (κ3) is 7.81. The maximum absolute atomic E-state index is 12.6. The average molecular weight is 360 g/mol. The molecule has 9 nitrogen and oxygen atoms in total. The molecule has 5 N–H and O–H groups in total. The largest absolute Gasteiger partial charge is 0.465 e. The Balaban J connectivity index is 2.72. The summed E-state index contributed by atoms with van der Waals surface area (Å²) in [6.45, 7) is -1.65. The van der Waals surface area contributed by atoms with Gasteiger partial charge in [0.25, 0.3) is 11.8 Å². The molecule has 0 aromatic carbocycles. The van der Waals surface area contributed by atoms with Crippen LogP contribution in [0.3, 0.4) is 0 Å². The van der Waals surface area contributed by atoms with Gasteiger partial charge in [-0.05, 0) is 12.3 Å². The zero-order chi connectivity index (χ0) is 18.8. The number of amides is 4. The van der Waals surface area contributed by atoms with Crippen molar-refractivity contribution in [3.63, 3.8) is 0 Å². The predicted molar refractivity (Wildman–Crippen MR) is 85.8 cm³/mol. The van der Waals surface area contributed by atoms with Crippen LogP contribution in [0, 0.1) is 5.92 Å². The van der Waals surface area contributed by atoms with Crippen LogP contribution in [0.4, 0.5) is 9.18 Å². The summed E-state index contributed by atoms with van der Waals surface area (Å²) in [4.78, 5) is 45.7. The van der Waals surface area contributed by atoms with E-state index in [4.69, 9.17) is 10.8 Å². The fourth-order valence-electron chi connectivity index (χ4n) is 2.88. The molecule has 0 aromatic rings. The summed E-state index contributed by atoms with van der Waals surface area (Å²) in [5.74, 6) is -2.32. The Morgan fingerprint density at radius 1 is 1.20 bits per heavy atom. The van der Waals surface area contributed by atoms with Gasteiger partial charge in [-0.2, -0.15) is 0 Å². The van der Waals surface area contributed by atoms with E-state index >= 15 is 0 Å². The van der Waals surface area contributed by atoms with Crippen LogP contribution >= 0.6 is 0 Å². The third-order valence-corrected chi connectivity index (χ3v) is 4.15. The molecule has 1 saturated carbocycles. The zero-order valence-electron chi connectivity index (χ0n) is 14.0. The van der Waals surface area contributed by atoms with E-state index in [1.165, 1.54) is 0 Å². The first-order valence-electron chi connectivity index (χ1n) is 8.28. The molecule has 25 heavy (non-hydrogen) atoms. The number of hydrazine groups is 1. The van der Waals surface area contributed by atoms with Crippen molar-refractivity contribution >= 4 is 23.8 Å². The molecule has 0 aliphatic heterocycles. The number of nitrogens with two attached hydrogens (primary N) is 1. The summed E-state index contributed by atoms with van der Waals surface area (Å²) in [6.07, 6.45) is 3.65. The molecule has 0 heterocycles. The van der Waals surface area contributed by atoms with Crippen LogP contribution in [0.5, 0.6) is 0 Å². The second kappa shape index (κ2) is 10.5. The van der Waals surface area contributed by atoms with Crippen molar-refractivity contribution in [2.75, 3.05) is 13.2 Å². The van der Waals surface area contributed by atoms with Gasteiger partial charge < -0.3 is 16.2 Å². The minimum absolute atomic E-state index is 0.201. The van der Waals surface area contributed by atoms with Crippen LogP contribution < -0.4 is 16.5 Å². The number of primary amides is 1. The molecule has 1 atom stereocenters. The van der Waals surface area contributed by atoms with Crippen LogP contribution in [0.2, 0.25) is 0 Å². The van der Waals surface area contributed by atoms with Gasteiger partial charge in [-0.25, -0.2) is 9.18 Å². The second-order valence-corrected chi connectivity index (χ2v) is 6.11. The standard InChI is InChI=1S/C15H25FN4O5/c16-9-13(22)20(7-6-12(17)21)19-14(23)11(18-15(24)25)8-10-4-2-1-3-5-10/h10-11,18H,1-9H2,(H2,17,21)(H,19,23)(H,24,25). The fourth-order valence-corrected chi connectivity index (χ4v) is 2.88. The molecular formula is C15H25FN4O5. The van der Waals surface area contributed by atoms with Gasteiger partial charge in [-0.1, -0.05) is 32.1 Å². The monoisotopic (exact) mass is 360 g/mol. The van der Waals surface area contributed by atoms with E-state index in [9.17, 15) is 23.6 Å². The molecule has 0 bridgehead atoms. The lowest BCUT2D eigenvalue weighted by atomic mass is 9.84. The molecular weight excluding hydrogens is 335 g/mol. The van der Waals surface area contributed by atoms with Crippen molar-refractivity contribution in [2.24, 2.45) is 11.7 Å². The zero-order valence-corrected chi connectivity index (χ0v) is 14.0. The number of hydrogen-bond donors (Lipinski definition) is 4. The molecule has 10 heteroatoms. The lowest BCUT2D eigenvalue weighted by Crippen LogP contribution is -2.55. The number of nitrogens with zero attached hydrogens (tertiary/aromatic N) is 1. The summed E-state index contributed by atoms with van der Waals surface area (Å²) < 4.78 is 12.6. The Kier molecular flexibility index (Phi) is 8.65. The van der Waals surface area contributed by atoms with Crippen molar-refractivity contribution < 1.29 is 28.7 Å². The van der Waals surface area contributed by atoms with Gasteiger partial charge in [0.05, 0.1) is 6.54 Å². The van der Waals surface area contributed by atoms with Crippen molar-refractivity contribution in [1.29, 1.82) is 0 Å². The Bertz CT molecular complexity index is 496. The molecule has 142 valence electrons. The third-order valence-electron chi connectivity index (χ3n) is 4.15. The van der Waals surface area contributed by atoms with Gasteiger partial charge in [0.2, 0.25) is 5.91 Å². The number of carbonyl (C=O) groups excluding carboxylic acids is 3. The van der Waals surface area contributed by atoms with Gasteiger partial charge >= 0.3 is 6.09 Å². The van der Waals surface area contributed by atoms with Crippen molar-refractivity contribution in [1.82, 2.24) is 15.8 Å². The number of hydrogen-bond acceptors (Lipinski definition) is 4. The van der Waals surface area contributed by atoms with Crippen LogP contribution in [0.15, 0.2) is 0 Å². The summed E-state index contributed by atoms with van der Waals surface area (Å²) in [5.41, 5.74) is 7.18. The van der Waals surface area contributed by atoms with Crippen molar-refractivity contribution in [3.05, 3.63) is 0 Å². The Morgan fingerprint density at radius 3 is 2.36 bits per heavy atom. The van der Waals surface area contributed by atoms with Gasteiger partial charge in [0.1, 0.15) is 6.04 Å². The highest BCUT2D eigenvalue weighted by Gasteiger charge is 2.28. The van der Waals surface area contributed by atoms with Crippen LogP contribution in [0.1, 0.15) is 44.9 Å². The highest BCUT2D eigenvalue weighted by Crippen LogP contribution is 2.27. The van der Waals surface area contributed by atoms with Crippen molar-refractivity contribution in [2.45, 2.75) is 51.0 Å². The molecule has 1 unspecified atom stereocenters. The maximum Gasteiger partial charge on any atom is 0.405 e. The highest BCUT2D eigenvalue weighted by atomic mass is 19.1. The Labute approximate surface area is 145 Å². The highest BCUT2D eigenvalue weighted by molar-refractivity contribution is 5.88. The quantitative estimate of drug-likeness (QED) is 0.461. The topological polar surface area (TPSA) is 142 Å². The summed E-state index contributed by atoms with van der Waals surface area (Å²) >= 11 is 0. The number of carbonyl (C=O) groups is 4. The molecule has 0 saturated heterocycles. The molecule has 0 radical (unpaired) electrons. The molecule has 1 fully saturated rings. The smallest absolute Gasteiger partial charge is 0.405 e. The average Bonchev–Trinajstić information content (AvgIpc) is 2.57. The number of alkyl halides is 1. The molecule has 0 aromatic heterocycles. The first-order valence-corrected chi connectivity index (χ1v) is 8.28. The van der Waals surface area contributed by atoms with E-state index in [1.807, 2.05) is 0 Å². The molecule has 1 aliphatic carbocycles. The first-order chi connectivity index (χ1) is 11.8. The SMILES string of the molecule is NC(=O)CCN(NC(=O)C(CC1CCCCC1)NC(=O)O)C(=O)CF. The van der Waals surface area contributed by atoms with E-state index in [0.717, 1.165) is 32.1 Å². The number of rotatable bonds is 8. The second-order valence-electron chi connectivity index (χ2n) is 6.11. The van der Waals surface area contributed by atoms with Gasteiger partial charge in [0.15, 0.2) is 6.67 Å². The number of nitrogens with one attached hydrogen (secondary N) is 2. The van der Waals surface area contributed by atoms with E-state index < -0.39 is 36.5 Å². The van der Waals surface area contributed by atoms with Gasteiger partial charge in [0, 0.05) is 6.42 Å². The van der Waals surface area contributed by atoms with Gasteiger partial charge in [-0.3, -0.25) is 24.8 Å². The number of carboxylic acid groups (broad SMARTS) is 1. The van der Waals surface area contributed by atoms with Crippen LogP contribution in [-0.4, -0.2) is 53.2 Å². The molecule has 1 rings (SSSR count). The lowest BCUT2D eigenvalue weighted by molar-refractivity contribution is -0.143. The molecule has 1 aliphatic rings. The van der Waals surface area contributed by atoms with E-state index in [-0.39, 0.29) is 18.9 Å². The maximum atomic E-state index is 12.6. The predicted octanol–water partition coefficient (Wildman–Crippen LogP) is 0.298. The van der Waals surface area contributed by atoms with Gasteiger partial charge in [-0.15, -0.1) is 0 Å². The fraction of sp³-hybridized carbons (Fsp3) is 0.733. The normalized spacial score (nSPS) is 15.9. The van der Waals surface area contributed by atoms with E-state index in [0.29, 0.717) is 11.4 Å². The van der Waals surface area contributed by atoms with Crippen LogP contribution in [-0.2, 0) is 14.4 Å². The molecule has 0 spiro atoms.